The number of hydrogen-bond donors (Lipinski definition) is 1. The topological polar surface area (TPSA) is 29.1 Å². The molecule has 4 rings (SSSR count). The predicted molar refractivity (Wildman–Crippen MR) is 117 cm³/mol. The monoisotopic (exact) mass is 449 g/mol. The normalized spacial score (nSPS) is 20.8. The summed E-state index contributed by atoms with van der Waals surface area (Å²) in [5, 5.41) is 4.29. The molecule has 2 nitrogen and oxygen atoms in total. The Kier molecular flexibility index (Phi) is 5.27. The number of dihydropyridines is 1. The van der Waals surface area contributed by atoms with Crippen LogP contribution in [0.15, 0.2) is 53.7 Å². The van der Waals surface area contributed by atoms with Crippen molar-refractivity contribution in [1.29, 1.82) is 0 Å². The lowest BCUT2D eigenvalue weighted by molar-refractivity contribution is -0.118. The number of allylic oxidation sites excluding steroid dienone is 3. The third-order valence-corrected chi connectivity index (χ3v) is 6.23. The number of Topliss-reactive ketones (excluding diaryl/α,β-unsaturated/α-hetero) is 1. The van der Waals surface area contributed by atoms with Crippen LogP contribution in [0.2, 0.25) is 15.1 Å². The zero-order valence-electron chi connectivity index (χ0n) is 16.0. The second kappa shape index (κ2) is 7.46. The maximum atomic E-state index is 14.2. The maximum absolute atomic E-state index is 14.2. The predicted octanol–water partition coefficient (Wildman–Crippen LogP) is 7.16. The molecule has 1 unspecified atom stereocenters. The molecule has 0 spiro atoms. The van der Waals surface area contributed by atoms with Gasteiger partial charge in [0.2, 0.25) is 0 Å². The highest BCUT2D eigenvalue weighted by molar-refractivity contribution is 6.35. The number of nitrogens with one attached hydrogen (secondary N) is 1. The highest BCUT2D eigenvalue weighted by Crippen LogP contribution is 2.45. The molecule has 2 aliphatic rings. The molecule has 1 heterocycles. The first-order chi connectivity index (χ1) is 13.6. The second-order valence-electron chi connectivity index (χ2n) is 8.31. The third-order valence-electron chi connectivity index (χ3n) is 5.38. The van der Waals surface area contributed by atoms with Gasteiger partial charge in [-0.1, -0.05) is 60.8 Å². The Hall–Kier alpha value is -1.81. The average molecular weight is 451 g/mol. The molecular formula is C23H19Cl3FNO. The summed E-state index contributed by atoms with van der Waals surface area (Å²) in [5.41, 5.74) is 3.56. The van der Waals surface area contributed by atoms with E-state index in [4.69, 9.17) is 34.8 Å². The summed E-state index contributed by atoms with van der Waals surface area (Å²) in [5.74, 6) is -0.694. The standard InChI is InChI=1S/C23H19Cl3FNO/c1-23(2)10-20-22(21(29)11-23)14(12-3-5-13(24)6-4-12)8-19(28-20)15-7-18(27)17(26)9-16(15)25/h3-9,14,28H,10-11H2,1-2H3. The first kappa shape index (κ1) is 20.5. The molecular weight excluding hydrogens is 432 g/mol. The third kappa shape index (κ3) is 3.96. The summed E-state index contributed by atoms with van der Waals surface area (Å²) >= 11 is 18.3. The number of carbonyl (C=O) groups is 1. The quantitative estimate of drug-likeness (QED) is 0.492. The molecule has 0 saturated carbocycles. The fourth-order valence-corrected chi connectivity index (χ4v) is 4.69. The first-order valence-corrected chi connectivity index (χ1v) is 10.4. The highest BCUT2D eigenvalue weighted by Gasteiger charge is 2.38. The van der Waals surface area contributed by atoms with Gasteiger partial charge < -0.3 is 5.32 Å². The molecule has 0 aromatic heterocycles. The minimum atomic E-state index is -0.545. The van der Waals surface area contributed by atoms with E-state index >= 15 is 0 Å². The molecule has 2 aromatic rings. The van der Waals surface area contributed by atoms with Crippen molar-refractivity contribution in [2.45, 2.75) is 32.6 Å². The Morgan fingerprint density at radius 2 is 1.72 bits per heavy atom. The van der Waals surface area contributed by atoms with Crippen molar-refractivity contribution in [2.75, 3.05) is 0 Å². The zero-order chi connectivity index (χ0) is 20.9. The Bertz CT molecular complexity index is 1070. The van der Waals surface area contributed by atoms with Gasteiger partial charge in [-0.3, -0.25) is 4.79 Å². The molecule has 6 heteroatoms. The summed E-state index contributed by atoms with van der Waals surface area (Å²) in [6.07, 6.45) is 3.12. The molecule has 0 saturated heterocycles. The van der Waals surface area contributed by atoms with Crippen LogP contribution in [0.4, 0.5) is 4.39 Å². The minimum absolute atomic E-state index is 0.0294. The summed E-state index contributed by atoms with van der Waals surface area (Å²) in [7, 11) is 0. The molecule has 1 aliphatic heterocycles. The van der Waals surface area contributed by atoms with Crippen LogP contribution in [0, 0.1) is 11.2 Å². The summed E-state index contributed by atoms with van der Waals surface area (Å²) in [6, 6.07) is 10.1. The Morgan fingerprint density at radius 1 is 1.03 bits per heavy atom. The van der Waals surface area contributed by atoms with E-state index in [2.05, 4.69) is 19.2 Å². The van der Waals surface area contributed by atoms with Crippen LogP contribution < -0.4 is 5.32 Å². The van der Waals surface area contributed by atoms with Crippen molar-refractivity contribution < 1.29 is 9.18 Å². The van der Waals surface area contributed by atoms with Crippen LogP contribution in [-0.4, -0.2) is 5.78 Å². The fourth-order valence-electron chi connectivity index (χ4n) is 4.08. The van der Waals surface area contributed by atoms with Crippen molar-refractivity contribution in [3.63, 3.8) is 0 Å². The summed E-state index contributed by atoms with van der Waals surface area (Å²) in [4.78, 5) is 13.0. The fraction of sp³-hybridized carbons (Fsp3) is 0.261. The van der Waals surface area contributed by atoms with E-state index in [1.54, 1.807) is 12.1 Å². The van der Waals surface area contributed by atoms with Gasteiger partial charge >= 0.3 is 0 Å². The SMILES string of the molecule is CC1(C)CC(=O)C2=C(C1)NC(c1cc(F)c(Cl)cc1Cl)=CC2c1ccc(Cl)cc1. The van der Waals surface area contributed by atoms with Gasteiger partial charge in [-0.25, -0.2) is 4.39 Å². The number of carbonyl (C=O) groups excluding carboxylic acids is 1. The summed E-state index contributed by atoms with van der Waals surface area (Å²) in [6.45, 7) is 4.14. The van der Waals surface area contributed by atoms with Crippen molar-refractivity contribution in [3.05, 3.63) is 85.8 Å². The molecule has 2 aromatic carbocycles. The number of benzene rings is 2. The van der Waals surface area contributed by atoms with E-state index < -0.39 is 5.82 Å². The van der Waals surface area contributed by atoms with Crippen LogP contribution in [0.3, 0.4) is 0 Å². The van der Waals surface area contributed by atoms with Gasteiger partial charge in [0.15, 0.2) is 5.78 Å². The Labute approximate surface area is 184 Å². The average Bonchev–Trinajstić information content (AvgIpc) is 2.63. The van der Waals surface area contributed by atoms with Crippen molar-refractivity contribution in [3.8, 4) is 0 Å². The van der Waals surface area contributed by atoms with Crippen LogP contribution in [0.1, 0.15) is 43.7 Å². The van der Waals surface area contributed by atoms with E-state index in [1.807, 2.05) is 18.2 Å². The van der Waals surface area contributed by atoms with E-state index in [0.717, 1.165) is 16.8 Å². The van der Waals surface area contributed by atoms with Crippen molar-refractivity contribution in [1.82, 2.24) is 5.32 Å². The number of halogens is 4. The van der Waals surface area contributed by atoms with Crippen LogP contribution in [-0.2, 0) is 4.79 Å². The van der Waals surface area contributed by atoms with Gasteiger partial charge in [-0.15, -0.1) is 0 Å². The van der Waals surface area contributed by atoms with Gasteiger partial charge in [-0.2, -0.15) is 0 Å². The van der Waals surface area contributed by atoms with Crippen LogP contribution in [0.5, 0.6) is 0 Å². The Balaban J connectivity index is 1.87. The lowest BCUT2D eigenvalue weighted by atomic mass is 9.70. The zero-order valence-corrected chi connectivity index (χ0v) is 18.2. The van der Waals surface area contributed by atoms with Gasteiger partial charge in [0.25, 0.3) is 0 Å². The first-order valence-electron chi connectivity index (χ1n) is 9.30. The van der Waals surface area contributed by atoms with Crippen LogP contribution in [0.25, 0.3) is 5.70 Å². The molecule has 1 N–H and O–H groups in total. The van der Waals surface area contributed by atoms with Gasteiger partial charge in [0.1, 0.15) is 5.82 Å². The second-order valence-corrected chi connectivity index (χ2v) is 9.56. The molecule has 0 bridgehead atoms. The van der Waals surface area contributed by atoms with E-state index in [0.29, 0.717) is 34.1 Å². The maximum Gasteiger partial charge on any atom is 0.162 e. The van der Waals surface area contributed by atoms with Crippen molar-refractivity contribution in [2.24, 2.45) is 5.41 Å². The highest BCUT2D eigenvalue weighted by atomic mass is 35.5. The molecule has 1 aliphatic carbocycles. The largest absolute Gasteiger partial charge is 0.358 e. The number of ketones is 1. The molecule has 0 fully saturated rings. The molecule has 1 atom stereocenters. The van der Waals surface area contributed by atoms with Gasteiger partial charge in [-0.05, 0) is 47.7 Å². The molecule has 0 radical (unpaired) electrons. The molecule has 29 heavy (non-hydrogen) atoms. The smallest absolute Gasteiger partial charge is 0.162 e. The van der Waals surface area contributed by atoms with Crippen LogP contribution >= 0.6 is 34.8 Å². The lowest BCUT2D eigenvalue weighted by Gasteiger charge is -2.38. The van der Waals surface area contributed by atoms with Gasteiger partial charge in [0, 0.05) is 39.9 Å². The summed E-state index contributed by atoms with van der Waals surface area (Å²) < 4.78 is 14.2. The van der Waals surface area contributed by atoms with E-state index in [9.17, 15) is 9.18 Å². The number of rotatable bonds is 2. The van der Waals surface area contributed by atoms with Gasteiger partial charge in [0.05, 0.1) is 10.0 Å². The molecule has 150 valence electrons. The minimum Gasteiger partial charge on any atom is -0.358 e. The number of hydrogen-bond acceptors (Lipinski definition) is 2. The van der Waals surface area contributed by atoms with Crippen molar-refractivity contribution >= 4 is 46.3 Å². The Morgan fingerprint density at radius 3 is 2.41 bits per heavy atom. The lowest BCUT2D eigenvalue weighted by Crippen LogP contribution is -2.35. The van der Waals surface area contributed by atoms with E-state index in [1.165, 1.54) is 12.1 Å². The molecule has 0 amide bonds. The van der Waals surface area contributed by atoms with E-state index in [-0.39, 0.29) is 22.1 Å².